The number of hydrogen-bond acceptors (Lipinski definition) is 7. The number of nitrogens with zero attached hydrogens (tertiary/aromatic N) is 2. The Hall–Kier alpha value is -3.68. The van der Waals surface area contributed by atoms with Gasteiger partial charge in [-0.3, -0.25) is 4.79 Å². The van der Waals surface area contributed by atoms with E-state index in [1.165, 1.54) is 0 Å². The van der Waals surface area contributed by atoms with Gasteiger partial charge in [0.1, 0.15) is 11.5 Å². The fraction of sp³-hybridized carbons (Fsp3) is 0.385. The lowest BCUT2D eigenvalue weighted by molar-refractivity contribution is -0.134. The van der Waals surface area contributed by atoms with Gasteiger partial charge in [0, 0.05) is 19.5 Å². The Morgan fingerprint density at radius 1 is 1.09 bits per heavy atom. The lowest BCUT2D eigenvalue weighted by atomic mass is 9.98. The van der Waals surface area contributed by atoms with Crippen LogP contribution in [0.3, 0.4) is 0 Å². The Kier molecular flexibility index (Phi) is 7.57. The van der Waals surface area contributed by atoms with Crippen LogP contribution in [0.5, 0.6) is 23.0 Å². The summed E-state index contributed by atoms with van der Waals surface area (Å²) in [6.45, 7) is 1.12. The minimum absolute atomic E-state index is 0.0533. The lowest BCUT2D eigenvalue weighted by Gasteiger charge is -2.31. The number of oxazole rings is 1. The first kappa shape index (κ1) is 23.5. The van der Waals surface area contributed by atoms with Crippen LogP contribution in [0, 0.1) is 0 Å². The topological polar surface area (TPSA) is 83.3 Å². The molecule has 1 fully saturated rings. The highest BCUT2D eigenvalue weighted by atomic mass is 16.5. The quantitative estimate of drug-likeness (QED) is 0.470. The van der Waals surface area contributed by atoms with Crippen LogP contribution >= 0.6 is 0 Å². The molecule has 180 valence electrons. The number of carbonyl (C=O) groups is 1. The van der Waals surface area contributed by atoms with Crippen molar-refractivity contribution in [1.29, 1.82) is 0 Å². The van der Waals surface area contributed by atoms with Gasteiger partial charge in [0.25, 0.3) is 5.91 Å². The van der Waals surface area contributed by atoms with Crippen molar-refractivity contribution < 1.29 is 28.2 Å². The van der Waals surface area contributed by atoms with Crippen LogP contribution in [0.4, 0.5) is 0 Å². The molecule has 4 rings (SSSR count). The van der Waals surface area contributed by atoms with E-state index in [-0.39, 0.29) is 18.4 Å². The van der Waals surface area contributed by atoms with Crippen LogP contribution in [0.2, 0.25) is 0 Å². The molecular formula is C26H30N2O6. The fourth-order valence-corrected chi connectivity index (χ4v) is 4.17. The van der Waals surface area contributed by atoms with E-state index in [4.69, 9.17) is 23.4 Å². The molecule has 1 saturated heterocycles. The molecule has 3 aromatic rings. The largest absolute Gasteiger partial charge is 0.497 e. The van der Waals surface area contributed by atoms with E-state index in [1.807, 2.05) is 29.2 Å². The van der Waals surface area contributed by atoms with Gasteiger partial charge in [-0.2, -0.15) is 0 Å². The first-order chi connectivity index (χ1) is 16.6. The van der Waals surface area contributed by atoms with Crippen molar-refractivity contribution in [2.75, 3.05) is 41.0 Å². The van der Waals surface area contributed by atoms with E-state index in [1.54, 1.807) is 45.7 Å². The molecule has 0 radical (unpaired) electrons. The number of rotatable bonds is 9. The van der Waals surface area contributed by atoms with E-state index in [0.717, 1.165) is 29.9 Å². The molecule has 1 unspecified atom stereocenters. The molecule has 0 spiro atoms. The first-order valence-electron chi connectivity index (χ1n) is 11.3. The van der Waals surface area contributed by atoms with Crippen LogP contribution in [-0.2, 0) is 11.2 Å². The van der Waals surface area contributed by atoms with Crippen molar-refractivity contribution in [3.05, 3.63) is 65.9 Å². The minimum atomic E-state index is -0.101. The zero-order chi connectivity index (χ0) is 23.9. The monoisotopic (exact) mass is 466 g/mol. The highest BCUT2D eigenvalue weighted by molar-refractivity contribution is 5.78. The molecule has 1 aliphatic heterocycles. The number of amides is 1. The molecule has 1 aromatic heterocycles. The summed E-state index contributed by atoms with van der Waals surface area (Å²) in [6.07, 6.45) is 4.20. The maximum atomic E-state index is 12.9. The third-order valence-corrected chi connectivity index (χ3v) is 5.93. The molecule has 2 aromatic carbocycles. The zero-order valence-corrected chi connectivity index (χ0v) is 19.8. The number of para-hydroxylation sites is 1. The van der Waals surface area contributed by atoms with E-state index in [9.17, 15) is 4.79 Å². The molecule has 8 heteroatoms. The second-order valence-corrected chi connectivity index (χ2v) is 8.15. The number of methoxy groups -OCH3 is 3. The van der Waals surface area contributed by atoms with Gasteiger partial charge >= 0.3 is 0 Å². The molecule has 34 heavy (non-hydrogen) atoms. The summed E-state index contributed by atoms with van der Waals surface area (Å²) in [5.74, 6) is 3.69. The molecule has 1 atom stereocenters. The summed E-state index contributed by atoms with van der Waals surface area (Å²) in [4.78, 5) is 19.2. The molecule has 1 amide bonds. The Bertz CT molecular complexity index is 1090. The maximum Gasteiger partial charge on any atom is 0.260 e. The van der Waals surface area contributed by atoms with Crippen LogP contribution < -0.4 is 18.9 Å². The zero-order valence-electron chi connectivity index (χ0n) is 19.8. The second-order valence-electron chi connectivity index (χ2n) is 8.15. The molecule has 8 nitrogen and oxygen atoms in total. The predicted molar refractivity (Wildman–Crippen MR) is 126 cm³/mol. The first-order valence-corrected chi connectivity index (χ1v) is 11.3. The van der Waals surface area contributed by atoms with Crippen molar-refractivity contribution in [1.82, 2.24) is 9.88 Å². The molecular weight excluding hydrogens is 436 g/mol. The Balaban J connectivity index is 1.37. The minimum Gasteiger partial charge on any atom is -0.497 e. The summed E-state index contributed by atoms with van der Waals surface area (Å²) in [7, 11) is 4.76. The van der Waals surface area contributed by atoms with Gasteiger partial charge in [-0.15, -0.1) is 0 Å². The summed E-state index contributed by atoms with van der Waals surface area (Å²) in [6, 6.07) is 13.2. The summed E-state index contributed by atoms with van der Waals surface area (Å²) in [5.41, 5.74) is 1.09. The molecule has 2 heterocycles. The average Bonchev–Trinajstić information content (AvgIpc) is 3.35. The number of carbonyl (C=O) groups excluding carboxylic acids is 1. The number of ether oxygens (including phenoxy) is 4. The normalized spacial score (nSPS) is 15.6. The second kappa shape index (κ2) is 11.0. The summed E-state index contributed by atoms with van der Waals surface area (Å²) >= 11 is 0. The molecule has 0 saturated carbocycles. The van der Waals surface area contributed by atoms with Crippen molar-refractivity contribution >= 4 is 5.91 Å². The molecule has 1 aliphatic rings. The number of benzene rings is 2. The van der Waals surface area contributed by atoms with Crippen molar-refractivity contribution in [2.45, 2.75) is 25.2 Å². The number of aromatic nitrogens is 1. The van der Waals surface area contributed by atoms with Gasteiger partial charge in [0.15, 0.2) is 24.0 Å². The number of piperidine rings is 1. The Morgan fingerprint density at radius 2 is 1.85 bits per heavy atom. The van der Waals surface area contributed by atoms with Crippen molar-refractivity contribution in [3.8, 4) is 23.0 Å². The number of likely N-dealkylation sites (tertiary alicyclic amines) is 1. The van der Waals surface area contributed by atoms with E-state index in [2.05, 4.69) is 4.98 Å². The van der Waals surface area contributed by atoms with E-state index in [0.29, 0.717) is 42.6 Å². The highest BCUT2D eigenvalue weighted by Gasteiger charge is 2.28. The van der Waals surface area contributed by atoms with Gasteiger partial charge in [-0.05, 0) is 42.7 Å². The van der Waals surface area contributed by atoms with Crippen LogP contribution in [0.15, 0.2) is 53.1 Å². The fourth-order valence-electron chi connectivity index (χ4n) is 4.17. The van der Waals surface area contributed by atoms with Gasteiger partial charge in [0.2, 0.25) is 5.75 Å². The van der Waals surface area contributed by atoms with Crippen LogP contribution in [-0.4, -0.2) is 56.8 Å². The molecule has 0 bridgehead atoms. The summed E-state index contributed by atoms with van der Waals surface area (Å²) in [5, 5.41) is 0. The van der Waals surface area contributed by atoms with E-state index < -0.39 is 0 Å². The third kappa shape index (κ3) is 5.44. The smallest absolute Gasteiger partial charge is 0.260 e. The van der Waals surface area contributed by atoms with Gasteiger partial charge in [0.05, 0.1) is 33.4 Å². The lowest BCUT2D eigenvalue weighted by Crippen LogP contribution is -2.41. The van der Waals surface area contributed by atoms with Crippen molar-refractivity contribution in [3.63, 3.8) is 0 Å². The highest BCUT2D eigenvalue weighted by Crippen LogP contribution is 2.37. The average molecular weight is 467 g/mol. The predicted octanol–water partition coefficient (Wildman–Crippen LogP) is 4.08. The van der Waals surface area contributed by atoms with Gasteiger partial charge < -0.3 is 28.3 Å². The summed E-state index contributed by atoms with van der Waals surface area (Å²) < 4.78 is 27.8. The Morgan fingerprint density at radius 3 is 2.59 bits per heavy atom. The van der Waals surface area contributed by atoms with Crippen molar-refractivity contribution in [2.24, 2.45) is 0 Å². The van der Waals surface area contributed by atoms with Crippen LogP contribution in [0.1, 0.15) is 36.0 Å². The number of hydrogen-bond donors (Lipinski definition) is 0. The van der Waals surface area contributed by atoms with Gasteiger partial charge in [-0.25, -0.2) is 4.98 Å². The SMILES string of the molecule is COc1cccc(Cc2cnc(C3CCCN(C(=O)COc4c(OC)cccc4OC)C3)o2)c1. The third-order valence-electron chi connectivity index (χ3n) is 5.93. The standard InChI is InChI=1S/C26H30N2O6/c1-30-20-9-4-7-18(13-20)14-21-15-27-26(34-21)19-8-6-12-28(16-19)24(29)17-33-25-22(31-2)10-5-11-23(25)32-3/h4-5,7,9-11,13,15,19H,6,8,12,14,16-17H2,1-3H3. The molecule has 0 N–H and O–H groups in total. The Labute approximate surface area is 199 Å². The van der Waals surface area contributed by atoms with Crippen LogP contribution in [0.25, 0.3) is 0 Å². The molecule has 0 aliphatic carbocycles. The van der Waals surface area contributed by atoms with E-state index >= 15 is 0 Å². The van der Waals surface area contributed by atoms with Gasteiger partial charge in [-0.1, -0.05) is 18.2 Å². The maximum absolute atomic E-state index is 12.9.